The van der Waals surface area contributed by atoms with Crippen LogP contribution in [-0.4, -0.2) is 36.3 Å². The van der Waals surface area contributed by atoms with Crippen molar-refractivity contribution in [1.82, 2.24) is 9.97 Å². The lowest BCUT2D eigenvalue weighted by Gasteiger charge is -2.23. The molecule has 5 heteroatoms. The standard InChI is InChI=1S/C13H21N3O2/c1-9-12(14-3)15-10(2)16-13(9)18-8-11-6-4-5-7-17-11/h11H,4-8H2,1-3H3,(H,14,15,16). The molecule has 0 amide bonds. The molecule has 1 aromatic heterocycles. The van der Waals surface area contributed by atoms with Crippen molar-refractivity contribution in [3.63, 3.8) is 0 Å². The van der Waals surface area contributed by atoms with Crippen LogP contribution in [0.5, 0.6) is 5.88 Å². The molecule has 0 saturated carbocycles. The summed E-state index contributed by atoms with van der Waals surface area (Å²) in [6.07, 6.45) is 3.65. The van der Waals surface area contributed by atoms with Crippen LogP contribution in [0, 0.1) is 13.8 Å². The van der Waals surface area contributed by atoms with Gasteiger partial charge in [0, 0.05) is 13.7 Å². The average Bonchev–Trinajstić information content (AvgIpc) is 2.40. The van der Waals surface area contributed by atoms with Gasteiger partial charge in [0.25, 0.3) is 0 Å². The molecule has 1 aliphatic heterocycles. The van der Waals surface area contributed by atoms with Crippen LogP contribution >= 0.6 is 0 Å². The smallest absolute Gasteiger partial charge is 0.221 e. The molecule has 5 nitrogen and oxygen atoms in total. The van der Waals surface area contributed by atoms with Gasteiger partial charge in [-0.3, -0.25) is 0 Å². The molecule has 100 valence electrons. The van der Waals surface area contributed by atoms with Crippen LogP contribution in [0.3, 0.4) is 0 Å². The molecule has 1 fully saturated rings. The molecular weight excluding hydrogens is 230 g/mol. The highest BCUT2D eigenvalue weighted by Crippen LogP contribution is 2.22. The summed E-state index contributed by atoms with van der Waals surface area (Å²) in [5.74, 6) is 2.19. The van der Waals surface area contributed by atoms with Gasteiger partial charge in [0.2, 0.25) is 5.88 Å². The molecule has 0 spiro atoms. The quantitative estimate of drug-likeness (QED) is 0.888. The molecule has 0 radical (unpaired) electrons. The fourth-order valence-electron chi connectivity index (χ4n) is 2.10. The predicted octanol–water partition coefficient (Wildman–Crippen LogP) is 2.08. The molecule has 0 aliphatic carbocycles. The van der Waals surface area contributed by atoms with Gasteiger partial charge in [0.15, 0.2) is 0 Å². The SMILES string of the molecule is CNc1nc(C)nc(OCC2CCCCO2)c1C. The van der Waals surface area contributed by atoms with E-state index < -0.39 is 0 Å². The molecule has 1 N–H and O–H groups in total. The fourth-order valence-corrected chi connectivity index (χ4v) is 2.10. The second-order valence-electron chi connectivity index (χ2n) is 4.60. The first-order valence-electron chi connectivity index (χ1n) is 6.48. The summed E-state index contributed by atoms with van der Waals surface area (Å²) in [6, 6.07) is 0. The number of aryl methyl sites for hydroxylation is 1. The van der Waals surface area contributed by atoms with E-state index in [1.165, 1.54) is 6.42 Å². The molecule has 18 heavy (non-hydrogen) atoms. The van der Waals surface area contributed by atoms with Crippen molar-refractivity contribution in [2.45, 2.75) is 39.2 Å². The van der Waals surface area contributed by atoms with Crippen LogP contribution in [0.2, 0.25) is 0 Å². The van der Waals surface area contributed by atoms with Crippen LogP contribution in [0.4, 0.5) is 5.82 Å². The van der Waals surface area contributed by atoms with Crippen molar-refractivity contribution >= 4 is 5.82 Å². The molecule has 0 bridgehead atoms. The normalized spacial score (nSPS) is 19.6. The maximum atomic E-state index is 5.78. The van der Waals surface area contributed by atoms with Gasteiger partial charge in [0.1, 0.15) is 18.2 Å². The van der Waals surface area contributed by atoms with E-state index in [2.05, 4.69) is 15.3 Å². The number of anilines is 1. The van der Waals surface area contributed by atoms with E-state index in [-0.39, 0.29) is 6.10 Å². The minimum Gasteiger partial charge on any atom is -0.475 e. The molecule has 1 atom stereocenters. The highest BCUT2D eigenvalue weighted by atomic mass is 16.5. The van der Waals surface area contributed by atoms with E-state index in [0.717, 1.165) is 30.8 Å². The zero-order valence-electron chi connectivity index (χ0n) is 11.3. The first kappa shape index (κ1) is 13.1. The number of rotatable bonds is 4. The Hall–Kier alpha value is -1.36. The van der Waals surface area contributed by atoms with Gasteiger partial charge in [-0.15, -0.1) is 0 Å². The van der Waals surface area contributed by atoms with E-state index in [1.54, 1.807) is 0 Å². The van der Waals surface area contributed by atoms with Crippen molar-refractivity contribution in [3.8, 4) is 5.88 Å². The van der Waals surface area contributed by atoms with Gasteiger partial charge in [-0.1, -0.05) is 0 Å². The third kappa shape index (κ3) is 3.10. The van der Waals surface area contributed by atoms with Crippen molar-refractivity contribution in [2.75, 3.05) is 25.6 Å². The summed E-state index contributed by atoms with van der Waals surface area (Å²) < 4.78 is 11.4. The van der Waals surface area contributed by atoms with Crippen LogP contribution in [0.1, 0.15) is 30.7 Å². The second-order valence-corrected chi connectivity index (χ2v) is 4.60. The first-order valence-corrected chi connectivity index (χ1v) is 6.48. The Morgan fingerprint density at radius 3 is 2.83 bits per heavy atom. The molecule has 2 rings (SSSR count). The highest BCUT2D eigenvalue weighted by Gasteiger charge is 2.16. The lowest BCUT2D eigenvalue weighted by molar-refractivity contribution is -0.0121. The Morgan fingerprint density at radius 1 is 1.33 bits per heavy atom. The number of nitrogens with one attached hydrogen (secondary N) is 1. The molecule has 0 aromatic carbocycles. The van der Waals surface area contributed by atoms with E-state index in [0.29, 0.717) is 18.3 Å². The number of nitrogens with zero attached hydrogens (tertiary/aromatic N) is 2. The summed E-state index contributed by atoms with van der Waals surface area (Å²) >= 11 is 0. The topological polar surface area (TPSA) is 56.3 Å². The summed E-state index contributed by atoms with van der Waals surface area (Å²) in [6.45, 7) is 5.24. The van der Waals surface area contributed by atoms with E-state index in [9.17, 15) is 0 Å². The Balaban J connectivity index is 2.01. The number of hydrogen-bond donors (Lipinski definition) is 1. The summed E-state index contributed by atoms with van der Waals surface area (Å²) in [5, 5.41) is 3.05. The van der Waals surface area contributed by atoms with Gasteiger partial charge < -0.3 is 14.8 Å². The minimum atomic E-state index is 0.200. The van der Waals surface area contributed by atoms with Crippen LogP contribution in [0.25, 0.3) is 0 Å². The molecule has 1 unspecified atom stereocenters. The summed E-state index contributed by atoms with van der Waals surface area (Å²) in [7, 11) is 1.85. The van der Waals surface area contributed by atoms with Crippen molar-refractivity contribution in [1.29, 1.82) is 0 Å². The van der Waals surface area contributed by atoms with Crippen LogP contribution < -0.4 is 10.1 Å². The fraction of sp³-hybridized carbons (Fsp3) is 0.692. The zero-order chi connectivity index (χ0) is 13.0. The van der Waals surface area contributed by atoms with Gasteiger partial charge in [-0.2, -0.15) is 4.98 Å². The van der Waals surface area contributed by atoms with Crippen LogP contribution in [0.15, 0.2) is 0 Å². The Labute approximate surface area is 108 Å². The Morgan fingerprint density at radius 2 is 2.17 bits per heavy atom. The van der Waals surface area contributed by atoms with Gasteiger partial charge in [0.05, 0.1) is 11.7 Å². The second kappa shape index (κ2) is 6.00. The van der Waals surface area contributed by atoms with Crippen molar-refractivity contribution in [3.05, 3.63) is 11.4 Å². The Kier molecular flexibility index (Phi) is 4.36. The van der Waals surface area contributed by atoms with E-state index in [4.69, 9.17) is 9.47 Å². The minimum absolute atomic E-state index is 0.200. The number of aromatic nitrogens is 2. The molecule has 2 heterocycles. The lowest BCUT2D eigenvalue weighted by atomic mass is 10.1. The van der Waals surface area contributed by atoms with Crippen LogP contribution in [-0.2, 0) is 4.74 Å². The zero-order valence-corrected chi connectivity index (χ0v) is 11.3. The number of hydrogen-bond acceptors (Lipinski definition) is 5. The van der Waals surface area contributed by atoms with E-state index >= 15 is 0 Å². The van der Waals surface area contributed by atoms with Crippen molar-refractivity contribution in [2.24, 2.45) is 0 Å². The largest absolute Gasteiger partial charge is 0.475 e. The monoisotopic (exact) mass is 251 g/mol. The maximum Gasteiger partial charge on any atom is 0.221 e. The van der Waals surface area contributed by atoms with Crippen molar-refractivity contribution < 1.29 is 9.47 Å². The van der Waals surface area contributed by atoms with Gasteiger partial charge >= 0.3 is 0 Å². The molecular formula is C13H21N3O2. The Bertz CT molecular complexity index is 403. The maximum absolute atomic E-state index is 5.78. The molecule has 1 saturated heterocycles. The predicted molar refractivity (Wildman–Crippen MR) is 70.1 cm³/mol. The van der Waals surface area contributed by atoms with Gasteiger partial charge in [-0.25, -0.2) is 4.98 Å². The average molecular weight is 251 g/mol. The lowest BCUT2D eigenvalue weighted by Crippen LogP contribution is -2.26. The highest BCUT2D eigenvalue weighted by molar-refractivity contribution is 5.47. The summed E-state index contributed by atoms with van der Waals surface area (Å²) in [5.41, 5.74) is 0.943. The third-order valence-corrected chi connectivity index (χ3v) is 3.13. The van der Waals surface area contributed by atoms with Gasteiger partial charge in [-0.05, 0) is 33.1 Å². The first-order chi connectivity index (χ1) is 8.70. The molecule has 1 aromatic rings. The third-order valence-electron chi connectivity index (χ3n) is 3.13. The van der Waals surface area contributed by atoms with E-state index in [1.807, 2.05) is 20.9 Å². The molecule has 1 aliphatic rings. The number of ether oxygens (including phenoxy) is 2. The summed E-state index contributed by atoms with van der Waals surface area (Å²) in [4.78, 5) is 8.65.